The summed E-state index contributed by atoms with van der Waals surface area (Å²) in [6, 6.07) is 0.173. The molecule has 28 heavy (non-hydrogen) atoms. The molecule has 1 amide bonds. The Balaban J connectivity index is 1.71. The molecule has 5 N–H and O–H groups in total. The minimum absolute atomic E-state index is 0.0217. The van der Waals surface area contributed by atoms with Crippen LogP contribution in [0.15, 0.2) is 22.5 Å². The standard InChI is InChI=1S/C18H25N5O5/c1-8-13(24)12-11(17(26)14(8)20-4-5-22(17)2)9(7-28-16(19)25)18(27-3)15-10(21-15)6-23(12)18/h9-10,15,20-21,26H,4-7H2,1-3H3,(H2,19,25)/t9-,10+,15+,17?,18-/m1/s1. The molecule has 0 aromatic carbocycles. The molecule has 5 atom stereocenters. The summed E-state index contributed by atoms with van der Waals surface area (Å²) in [4.78, 5) is 28.5. The molecule has 5 aliphatic rings. The second kappa shape index (κ2) is 5.47. The molecule has 10 heteroatoms. The SMILES string of the molecule is CO[C@@]12[C@H](COC(N)=O)C3=C(C(=O)C(C)=C4NCCN(C)C43O)N1C[C@@H]1N[C@@H]12. The molecular formula is C18H25N5O5. The highest BCUT2D eigenvalue weighted by molar-refractivity contribution is 6.11. The number of allylic oxidation sites excluding steroid dienone is 1. The number of amides is 1. The van der Waals surface area contributed by atoms with Crippen molar-refractivity contribution in [3.8, 4) is 0 Å². The monoisotopic (exact) mass is 391 g/mol. The van der Waals surface area contributed by atoms with Gasteiger partial charge < -0.3 is 35.8 Å². The van der Waals surface area contributed by atoms with Gasteiger partial charge in [-0.3, -0.25) is 9.69 Å². The predicted molar refractivity (Wildman–Crippen MR) is 96.5 cm³/mol. The van der Waals surface area contributed by atoms with E-state index in [0.717, 1.165) is 0 Å². The number of ketones is 1. The number of nitrogens with two attached hydrogens (primary N) is 1. The van der Waals surface area contributed by atoms with Crippen molar-refractivity contribution >= 4 is 11.9 Å². The lowest BCUT2D eigenvalue weighted by Gasteiger charge is -2.48. The van der Waals surface area contributed by atoms with Gasteiger partial charge >= 0.3 is 6.09 Å². The minimum Gasteiger partial charge on any atom is -0.449 e. The number of carbonyl (C=O) groups excluding carboxylic acids is 2. The van der Waals surface area contributed by atoms with Gasteiger partial charge in [-0.1, -0.05) is 0 Å². The van der Waals surface area contributed by atoms with E-state index in [9.17, 15) is 14.7 Å². The molecule has 4 heterocycles. The first-order valence-electron chi connectivity index (χ1n) is 9.47. The van der Waals surface area contributed by atoms with Gasteiger partial charge in [0.15, 0.2) is 11.4 Å². The molecule has 0 radical (unpaired) electrons. The summed E-state index contributed by atoms with van der Waals surface area (Å²) in [7, 11) is 3.41. The van der Waals surface area contributed by atoms with Gasteiger partial charge in [0.2, 0.25) is 5.78 Å². The van der Waals surface area contributed by atoms with Crippen molar-refractivity contribution in [3.63, 3.8) is 0 Å². The van der Waals surface area contributed by atoms with Gasteiger partial charge in [-0.25, -0.2) is 4.79 Å². The van der Waals surface area contributed by atoms with Crippen LogP contribution >= 0.6 is 0 Å². The van der Waals surface area contributed by atoms with Crippen molar-refractivity contribution in [3.05, 3.63) is 22.5 Å². The van der Waals surface area contributed by atoms with Crippen LogP contribution in [0.4, 0.5) is 4.79 Å². The Morgan fingerprint density at radius 1 is 1.46 bits per heavy atom. The third-order valence-electron chi connectivity index (χ3n) is 6.98. The Hall–Kier alpha value is -2.14. The quantitative estimate of drug-likeness (QED) is 0.404. The van der Waals surface area contributed by atoms with Crippen LogP contribution < -0.4 is 16.4 Å². The number of fused-ring (bicyclic) bond motifs is 6. The number of piperazine rings is 2. The zero-order valence-electron chi connectivity index (χ0n) is 16.1. The van der Waals surface area contributed by atoms with Gasteiger partial charge in [-0.2, -0.15) is 0 Å². The van der Waals surface area contributed by atoms with Crippen LogP contribution in [-0.4, -0.2) is 90.7 Å². The van der Waals surface area contributed by atoms with Crippen molar-refractivity contribution in [2.45, 2.75) is 30.5 Å². The Morgan fingerprint density at radius 3 is 2.89 bits per heavy atom. The number of hydrogen-bond acceptors (Lipinski definition) is 9. The van der Waals surface area contributed by atoms with Crippen LogP contribution in [0.5, 0.6) is 0 Å². The van der Waals surface area contributed by atoms with Crippen molar-refractivity contribution in [2.24, 2.45) is 11.7 Å². The summed E-state index contributed by atoms with van der Waals surface area (Å²) in [6.45, 7) is 3.45. The Bertz CT molecular complexity index is 855. The van der Waals surface area contributed by atoms with Gasteiger partial charge in [0.05, 0.1) is 23.4 Å². The largest absolute Gasteiger partial charge is 0.449 e. The number of aliphatic hydroxyl groups is 1. The number of rotatable bonds is 3. The molecule has 5 rings (SSSR count). The fraction of sp³-hybridized carbons (Fsp3) is 0.667. The summed E-state index contributed by atoms with van der Waals surface area (Å²) in [6.07, 6.45) is -0.902. The maximum Gasteiger partial charge on any atom is 0.404 e. The summed E-state index contributed by atoms with van der Waals surface area (Å²) in [5.41, 5.74) is 4.77. The van der Waals surface area contributed by atoms with E-state index in [1.165, 1.54) is 0 Å². The Morgan fingerprint density at radius 2 is 2.21 bits per heavy atom. The molecule has 4 aliphatic heterocycles. The summed E-state index contributed by atoms with van der Waals surface area (Å²) in [5.74, 6) is -0.689. The Labute approximate surface area is 162 Å². The lowest BCUT2D eigenvalue weighted by Crippen LogP contribution is -2.63. The third-order valence-corrected chi connectivity index (χ3v) is 6.98. The zero-order chi connectivity index (χ0) is 20.0. The summed E-state index contributed by atoms with van der Waals surface area (Å²) < 4.78 is 11.2. The number of hydrogen-bond donors (Lipinski definition) is 4. The first-order chi connectivity index (χ1) is 13.3. The number of nitrogens with one attached hydrogen (secondary N) is 2. The van der Waals surface area contributed by atoms with Crippen molar-refractivity contribution < 1.29 is 24.2 Å². The molecule has 3 fully saturated rings. The molecule has 152 valence electrons. The average Bonchev–Trinajstić information content (AvgIpc) is 3.26. The number of primary amides is 1. The molecule has 1 unspecified atom stereocenters. The molecule has 0 spiro atoms. The fourth-order valence-corrected chi connectivity index (χ4v) is 5.69. The molecule has 0 aromatic heterocycles. The van der Waals surface area contributed by atoms with E-state index < -0.39 is 23.5 Å². The first kappa shape index (κ1) is 17.9. The van der Waals surface area contributed by atoms with Crippen LogP contribution in [0.25, 0.3) is 0 Å². The molecular weight excluding hydrogens is 366 g/mol. The molecule has 3 saturated heterocycles. The molecule has 0 saturated carbocycles. The topological polar surface area (TPSA) is 139 Å². The highest BCUT2D eigenvalue weighted by atomic mass is 16.6. The van der Waals surface area contributed by atoms with Gasteiger partial charge in [-0.15, -0.1) is 0 Å². The van der Waals surface area contributed by atoms with E-state index >= 15 is 0 Å². The van der Waals surface area contributed by atoms with Gasteiger partial charge in [0, 0.05) is 43.9 Å². The van der Waals surface area contributed by atoms with Gasteiger partial charge in [-0.05, 0) is 14.0 Å². The summed E-state index contributed by atoms with van der Waals surface area (Å²) >= 11 is 0. The lowest BCUT2D eigenvalue weighted by atomic mass is 9.76. The predicted octanol–water partition coefficient (Wildman–Crippen LogP) is -1.96. The molecule has 10 nitrogen and oxygen atoms in total. The van der Waals surface area contributed by atoms with Crippen molar-refractivity contribution in [1.82, 2.24) is 20.4 Å². The first-order valence-corrected chi connectivity index (χ1v) is 9.47. The highest BCUT2D eigenvalue weighted by Gasteiger charge is 2.74. The second-order valence-electron chi connectivity index (χ2n) is 8.11. The maximum atomic E-state index is 13.4. The van der Waals surface area contributed by atoms with Crippen LogP contribution in [0.1, 0.15) is 6.92 Å². The van der Waals surface area contributed by atoms with Crippen LogP contribution in [0.2, 0.25) is 0 Å². The lowest BCUT2D eigenvalue weighted by molar-refractivity contribution is -0.140. The van der Waals surface area contributed by atoms with Crippen molar-refractivity contribution in [2.75, 3.05) is 40.4 Å². The number of Topliss-reactive ketones (excluding diaryl/α,β-unsaturated/α-hetero) is 1. The number of likely N-dealkylation sites (N-methyl/N-ethyl adjacent to an activating group) is 1. The zero-order valence-corrected chi connectivity index (χ0v) is 16.1. The van der Waals surface area contributed by atoms with Gasteiger partial charge in [0.1, 0.15) is 6.61 Å². The molecule has 1 aliphatic carbocycles. The Kier molecular flexibility index (Phi) is 3.50. The van der Waals surface area contributed by atoms with E-state index in [1.807, 2.05) is 16.8 Å². The number of ether oxygens (including phenoxy) is 2. The normalized spacial score (nSPS) is 41.4. The second-order valence-corrected chi connectivity index (χ2v) is 8.11. The number of nitrogens with zero attached hydrogens (tertiary/aromatic N) is 2. The maximum absolute atomic E-state index is 13.4. The van der Waals surface area contributed by atoms with Crippen LogP contribution in [-0.2, 0) is 14.3 Å². The third kappa shape index (κ3) is 1.86. The molecule has 0 bridgehead atoms. The van der Waals surface area contributed by atoms with Gasteiger partial charge in [0.25, 0.3) is 0 Å². The molecule has 0 aromatic rings. The van der Waals surface area contributed by atoms with Crippen LogP contribution in [0, 0.1) is 5.92 Å². The van der Waals surface area contributed by atoms with E-state index in [-0.39, 0.29) is 24.5 Å². The summed E-state index contributed by atoms with van der Waals surface area (Å²) in [5, 5.41) is 18.5. The van der Waals surface area contributed by atoms with E-state index in [0.29, 0.717) is 42.2 Å². The fourth-order valence-electron chi connectivity index (χ4n) is 5.69. The van der Waals surface area contributed by atoms with E-state index in [4.69, 9.17) is 15.2 Å². The minimum atomic E-state index is -1.50. The highest BCUT2D eigenvalue weighted by Crippen LogP contribution is 2.59. The smallest absolute Gasteiger partial charge is 0.404 e. The van der Waals surface area contributed by atoms with Crippen molar-refractivity contribution in [1.29, 1.82) is 0 Å². The number of methoxy groups -OCH3 is 1. The van der Waals surface area contributed by atoms with E-state index in [2.05, 4.69) is 10.6 Å². The van der Waals surface area contributed by atoms with E-state index in [1.54, 1.807) is 14.0 Å². The number of carbonyl (C=O) groups is 2. The van der Waals surface area contributed by atoms with Crippen LogP contribution in [0.3, 0.4) is 0 Å². The average molecular weight is 391 g/mol.